The standard InChI is InChI=1S/C24H38N8O6/c1-17-15-31(23(37)27-21(17)35)9-3-5-19(33)29(11-7-25)13-14-30(12-8-26)20(34)6-4-10-32-16-18(2)22(36)28-24(32)38/h15-16H,3-14,25-26H2,1-2H3,(H,27,35,37)(H,28,36,38). The van der Waals surface area contributed by atoms with E-state index in [0.29, 0.717) is 37.1 Å². The van der Waals surface area contributed by atoms with E-state index in [-0.39, 0.29) is 63.9 Å². The quantitative estimate of drug-likeness (QED) is 0.198. The van der Waals surface area contributed by atoms with Crippen LogP contribution in [0.2, 0.25) is 0 Å². The van der Waals surface area contributed by atoms with Gasteiger partial charge in [0.25, 0.3) is 11.1 Å². The van der Waals surface area contributed by atoms with Gasteiger partial charge in [0.05, 0.1) is 0 Å². The fourth-order valence-electron chi connectivity index (χ4n) is 3.96. The lowest BCUT2D eigenvalue weighted by atomic mass is 10.2. The predicted molar refractivity (Wildman–Crippen MR) is 142 cm³/mol. The van der Waals surface area contributed by atoms with E-state index < -0.39 is 22.5 Å². The number of amides is 2. The van der Waals surface area contributed by atoms with Crippen LogP contribution in [0.1, 0.15) is 36.8 Å². The van der Waals surface area contributed by atoms with Crippen molar-refractivity contribution in [2.45, 2.75) is 52.6 Å². The number of carbonyl (C=O) groups is 2. The van der Waals surface area contributed by atoms with Crippen LogP contribution in [0.25, 0.3) is 0 Å². The van der Waals surface area contributed by atoms with E-state index in [0.717, 1.165) is 0 Å². The van der Waals surface area contributed by atoms with E-state index in [4.69, 9.17) is 11.5 Å². The van der Waals surface area contributed by atoms with Gasteiger partial charge in [-0.25, -0.2) is 9.59 Å². The summed E-state index contributed by atoms with van der Waals surface area (Å²) in [4.78, 5) is 80.2. The monoisotopic (exact) mass is 534 g/mol. The van der Waals surface area contributed by atoms with Crippen molar-refractivity contribution >= 4 is 11.8 Å². The van der Waals surface area contributed by atoms with Gasteiger partial charge in [0.2, 0.25) is 11.8 Å². The molecular weight excluding hydrogens is 496 g/mol. The molecule has 2 aromatic heterocycles. The minimum absolute atomic E-state index is 0.155. The average Bonchev–Trinajstić information content (AvgIpc) is 2.86. The number of H-pyrrole nitrogens is 2. The molecular formula is C24H38N8O6. The number of aromatic amines is 2. The molecule has 210 valence electrons. The van der Waals surface area contributed by atoms with Gasteiger partial charge in [-0.05, 0) is 26.7 Å². The second kappa shape index (κ2) is 14.8. The summed E-state index contributed by atoms with van der Waals surface area (Å²) < 4.78 is 2.73. The number of nitrogens with zero attached hydrogens (tertiary/aromatic N) is 4. The van der Waals surface area contributed by atoms with Gasteiger partial charge in [0.15, 0.2) is 0 Å². The zero-order valence-electron chi connectivity index (χ0n) is 22.0. The van der Waals surface area contributed by atoms with Crippen molar-refractivity contribution in [2.24, 2.45) is 11.5 Å². The predicted octanol–water partition coefficient (Wildman–Crippen LogP) is -2.16. The molecule has 0 bridgehead atoms. The Kier molecular flexibility index (Phi) is 11.9. The first-order chi connectivity index (χ1) is 18.1. The third-order valence-corrected chi connectivity index (χ3v) is 6.10. The number of nitrogens with one attached hydrogen (secondary N) is 2. The third kappa shape index (κ3) is 8.95. The Labute approximate surface area is 219 Å². The number of hydrogen-bond acceptors (Lipinski definition) is 8. The molecule has 0 aliphatic carbocycles. The van der Waals surface area contributed by atoms with E-state index in [1.807, 2.05) is 0 Å². The molecule has 2 rings (SSSR count). The average molecular weight is 535 g/mol. The molecule has 0 aliphatic heterocycles. The van der Waals surface area contributed by atoms with E-state index in [9.17, 15) is 28.8 Å². The Hall–Kier alpha value is -3.78. The highest BCUT2D eigenvalue weighted by molar-refractivity contribution is 5.77. The summed E-state index contributed by atoms with van der Waals surface area (Å²) in [6.07, 6.45) is 4.05. The molecule has 0 atom stereocenters. The van der Waals surface area contributed by atoms with Crippen LogP contribution >= 0.6 is 0 Å². The molecule has 2 amide bonds. The van der Waals surface area contributed by atoms with E-state index >= 15 is 0 Å². The first-order valence-electron chi connectivity index (χ1n) is 12.6. The highest BCUT2D eigenvalue weighted by atomic mass is 16.2. The summed E-state index contributed by atoms with van der Waals surface area (Å²) in [6.45, 7) is 5.43. The highest BCUT2D eigenvalue weighted by Crippen LogP contribution is 2.04. The van der Waals surface area contributed by atoms with Crippen LogP contribution in [0.15, 0.2) is 31.6 Å². The first-order valence-corrected chi connectivity index (χ1v) is 12.6. The van der Waals surface area contributed by atoms with Gasteiger partial charge in [-0.2, -0.15) is 0 Å². The van der Waals surface area contributed by atoms with Gasteiger partial charge in [0, 0.05) is 88.7 Å². The molecule has 2 heterocycles. The van der Waals surface area contributed by atoms with Crippen molar-refractivity contribution in [3.63, 3.8) is 0 Å². The second-order valence-electron chi connectivity index (χ2n) is 9.08. The van der Waals surface area contributed by atoms with E-state index in [1.54, 1.807) is 23.6 Å². The molecule has 0 aliphatic rings. The van der Waals surface area contributed by atoms with Crippen LogP contribution in [0.3, 0.4) is 0 Å². The third-order valence-electron chi connectivity index (χ3n) is 6.10. The summed E-state index contributed by atoms with van der Waals surface area (Å²) in [6, 6.07) is 0. The molecule has 2 aromatic rings. The maximum absolute atomic E-state index is 12.8. The van der Waals surface area contributed by atoms with E-state index in [1.165, 1.54) is 21.5 Å². The Morgan fingerprint density at radius 3 is 1.42 bits per heavy atom. The Balaban J connectivity index is 1.90. The molecule has 0 radical (unpaired) electrons. The van der Waals surface area contributed by atoms with Crippen molar-refractivity contribution < 1.29 is 9.59 Å². The van der Waals surface area contributed by atoms with Crippen LogP contribution in [0, 0.1) is 13.8 Å². The number of aryl methyl sites for hydroxylation is 4. The van der Waals surface area contributed by atoms with Gasteiger partial charge in [-0.15, -0.1) is 0 Å². The van der Waals surface area contributed by atoms with Crippen LogP contribution in [-0.4, -0.2) is 80.0 Å². The van der Waals surface area contributed by atoms with Crippen molar-refractivity contribution in [1.29, 1.82) is 0 Å². The zero-order valence-corrected chi connectivity index (χ0v) is 22.0. The van der Waals surface area contributed by atoms with Crippen LogP contribution in [0.5, 0.6) is 0 Å². The smallest absolute Gasteiger partial charge is 0.328 e. The summed E-state index contributed by atoms with van der Waals surface area (Å²) in [5.74, 6) is -0.310. The molecule has 14 heteroatoms. The summed E-state index contributed by atoms with van der Waals surface area (Å²) in [5.41, 5.74) is 10.3. The topological polar surface area (TPSA) is 202 Å². The maximum Gasteiger partial charge on any atom is 0.328 e. The fraction of sp³-hybridized carbons (Fsp3) is 0.583. The Morgan fingerprint density at radius 2 is 1.08 bits per heavy atom. The molecule has 38 heavy (non-hydrogen) atoms. The van der Waals surface area contributed by atoms with Crippen LogP contribution in [-0.2, 0) is 22.7 Å². The van der Waals surface area contributed by atoms with Gasteiger partial charge >= 0.3 is 11.4 Å². The molecule has 0 spiro atoms. The number of hydrogen-bond donors (Lipinski definition) is 4. The number of carbonyl (C=O) groups excluding carboxylic acids is 2. The minimum atomic E-state index is -0.525. The number of aromatic nitrogens is 4. The van der Waals surface area contributed by atoms with Gasteiger partial charge < -0.3 is 30.4 Å². The fourth-order valence-corrected chi connectivity index (χ4v) is 3.96. The van der Waals surface area contributed by atoms with Gasteiger partial charge in [0.1, 0.15) is 0 Å². The molecule has 0 saturated carbocycles. The number of nitrogens with two attached hydrogens (primary N) is 2. The Morgan fingerprint density at radius 1 is 0.711 bits per heavy atom. The molecule has 0 saturated heterocycles. The van der Waals surface area contributed by atoms with Crippen molar-refractivity contribution in [3.8, 4) is 0 Å². The molecule has 6 N–H and O–H groups in total. The first kappa shape index (κ1) is 30.4. The van der Waals surface area contributed by atoms with Crippen LogP contribution < -0.4 is 34.0 Å². The van der Waals surface area contributed by atoms with Crippen molar-refractivity contribution in [3.05, 3.63) is 65.2 Å². The summed E-state index contributed by atoms with van der Waals surface area (Å²) in [7, 11) is 0. The lowest BCUT2D eigenvalue weighted by Crippen LogP contribution is -2.44. The largest absolute Gasteiger partial charge is 0.340 e. The maximum atomic E-state index is 12.8. The molecule has 0 fully saturated rings. The highest BCUT2D eigenvalue weighted by Gasteiger charge is 2.18. The van der Waals surface area contributed by atoms with Gasteiger partial charge in [-0.3, -0.25) is 29.1 Å². The molecule has 14 nitrogen and oxygen atoms in total. The lowest BCUT2D eigenvalue weighted by molar-refractivity contribution is -0.135. The van der Waals surface area contributed by atoms with E-state index in [2.05, 4.69) is 9.97 Å². The minimum Gasteiger partial charge on any atom is -0.340 e. The lowest BCUT2D eigenvalue weighted by Gasteiger charge is -2.28. The Bertz CT molecular complexity index is 1220. The molecule has 0 unspecified atom stereocenters. The van der Waals surface area contributed by atoms with Crippen LogP contribution in [0.4, 0.5) is 0 Å². The normalized spacial score (nSPS) is 10.9. The number of rotatable bonds is 15. The second-order valence-corrected chi connectivity index (χ2v) is 9.08. The molecule has 0 aromatic carbocycles. The zero-order chi connectivity index (χ0) is 28.2. The summed E-state index contributed by atoms with van der Waals surface area (Å²) in [5, 5.41) is 0. The van der Waals surface area contributed by atoms with Crippen molar-refractivity contribution in [1.82, 2.24) is 28.9 Å². The van der Waals surface area contributed by atoms with Crippen molar-refractivity contribution in [2.75, 3.05) is 39.3 Å². The van der Waals surface area contributed by atoms with Gasteiger partial charge in [-0.1, -0.05) is 0 Å². The SMILES string of the molecule is Cc1cn(CCCC(=O)N(CCN)CCN(CCN)C(=O)CCCn2cc(C)c(=O)[nH]c2=O)c(=O)[nH]c1=O. The summed E-state index contributed by atoms with van der Waals surface area (Å²) >= 11 is 0.